The largest absolute Gasteiger partial charge is 0.496 e. The molecule has 0 saturated carbocycles. The van der Waals surface area contributed by atoms with Crippen LogP contribution in [0.5, 0.6) is 5.75 Å². The number of carbonyl (C=O) groups excluding carboxylic acids is 2. The summed E-state index contributed by atoms with van der Waals surface area (Å²) >= 11 is 0. The van der Waals surface area contributed by atoms with E-state index in [0.717, 1.165) is 29.8 Å². The van der Waals surface area contributed by atoms with E-state index < -0.39 is 0 Å². The van der Waals surface area contributed by atoms with Gasteiger partial charge in [0, 0.05) is 31.6 Å². The van der Waals surface area contributed by atoms with E-state index in [-0.39, 0.29) is 17.7 Å². The molecule has 1 aromatic rings. The molecule has 5 heteroatoms. The van der Waals surface area contributed by atoms with Crippen molar-refractivity contribution in [3.8, 4) is 5.75 Å². The van der Waals surface area contributed by atoms with Gasteiger partial charge in [0.15, 0.2) is 0 Å². The normalized spacial score (nSPS) is 15.6. The zero-order chi connectivity index (χ0) is 17.0. The first kappa shape index (κ1) is 17.3. The van der Waals surface area contributed by atoms with E-state index in [2.05, 4.69) is 19.2 Å². The number of benzene rings is 1. The number of piperidine rings is 1. The van der Waals surface area contributed by atoms with Gasteiger partial charge in [0.05, 0.1) is 7.11 Å². The van der Waals surface area contributed by atoms with Crippen molar-refractivity contribution in [2.24, 2.45) is 5.92 Å². The van der Waals surface area contributed by atoms with Crippen molar-refractivity contribution in [1.29, 1.82) is 0 Å². The Kier molecular flexibility index (Phi) is 5.64. The second kappa shape index (κ2) is 7.49. The van der Waals surface area contributed by atoms with Crippen molar-refractivity contribution >= 4 is 17.5 Å². The number of carbonyl (C=O) groups is 2. The Labute approximate surface area is 138 Å². The summed E-state index contributed by atoms with van der Waals surface area (Å²) in [6.07, 6.45) is 1.44. The first-order chi connectivity index (χ1) is 10.9. The van der Waals surface area contributed by atoms with E-state index in [9.17, 15) is 9.59 Å². The molecule has 1 saturated heterocycles. The molecule has 1 aromatic carbocycles. The SMILES string of the molecule is COc1ccc(NC(=O)C2CCN(C(C)=O)CC2)cc1C(C)C. The number of nitrogens with zero attached hydrogens (tertiary/aromatic N) is 1. The molecule has 1 fully saturated rings. The highest BCUT2D eigenvalue weighted by molar-refractivity contribution is 5.93. The van der Waals surface area contributed by atoms with Gasteiger partial charge in [-0.15, -0.1) is 0 Å². The van der Waals surface area contributed by atoms with Crippen molar-refractivity contribution in [1.82, 2.24) is 4.90 Å². The molecule has 5 nitrogen and oxygen atoms in total. The van der Waals surface area contributed by atoms with E-state index in [0.29, 0.717) is 19.0 Å². The summed E-state index contributed by atoms with van der Waals surface area (Å²) in [7, 11) is 1.66. The molecule has 0 aromatic heterocycles. The van der Waals surface area contributed by atoms with Crippen LogP contribution in [0, 0.1) is 5.92 Å². The van der Waals surface area contributed by atoms with Crippen LogP contribution >= 0.6 is 0 Å². The lowest BCUT2D eigenvalue weighted by molar-refractivity contribution is -0.132. The van der Waals surface area contributed by atoms with Gasteiger partial charge in [0.25, 0.3) is 0 Å². The standard InChI is InChI=1S/C18H26N2O3/c1-12(2)16-11-15(5-6-17(16)23-4)19-18(22)14-7-9-20(10-8-14)13(3)21/h5-6,11-12,14H,7-10H2,1-4H3,(H,19,22). The highest BCUT2D eigenvalue weighted by atomic mass is 16.5. The Balaban J connectivity index is 2.01. The molecule has 1 heterocycles. The fourth-order valence-electron chi connectivity index (χ4n) is 2.96. The lowest BCUT2D eigenvalue weighted by atomic mass is 9.95. The van der Waals surface area contributed by atoms with Gasteiger partial charge in [0.1, 0.15) is 5.75 Å². The highest BCUT2D eigenvalue weighted by Gasteiger charge is 2.26. The van der Waals surface area contributed by atoms with Crippen LogP contribution in [0.25, 0.3) is 0 Å². The first-order valence-electron chi connectivity index (χ1n) is 8.16. The van der Waals surface area contributed by atoms with Gasteiger partial charge in [-0.1, -0.05) is 13.8 Å². The van der Waals surface area contributed by atoms with Crippen LogP contribution in [0.3, 0.4) is 0 Å². The van der Waals surface area contributed by atoms with Gasteiger partial charge in [-0.05, 0) is 42.5 Å². The average Bonchev–Trinajstić information content (AvgIpc) is 2.54. The van der Waals surface area contributed by atoms with E-state index >= 15 is 0 Å². The Morgan fingerprint density at radius 1 is 1.26 bits per heavy atom. The topological polar surface area (TPSA) is 58.6 Å². The third kappa shape index (κ3) is 4.24. The minimum atomic E-state index is -0.0322. The predicted octanol–water partition coefficient (Wildman–Crippen LogP) is 3.02. The number of likely N-dealkylation sites (tertiary alicyclic amines) is 1. The van der Waals surface area contributed by atoms with Gasteiger partial charge in [-0.25, -0.2) is 0 Å². The number of anilines is 1. The van der Waals surface area contributed by atoms with Crippen LogP contribution in [-0.2, 0) is 9.59 Å². The zero-order valence-electron chi connectivity index (χ0n) is 14.4. The summed E-state index contributed by atoms with van der Waals surface area (Å²) in [6.45, 7) is 7.09. The van der Waals surface area contributed by atoms with Gasteiger partial charge >= 0.3 is 0 Å². The number of nitrogens with one attached hydrogen (secondary N) is 1. The van der Waals surface area contributed by atoms with Crippen molar-refractivity contribution in [2.75, 3.05) is 25.5 Å². The fraction of sp³-hybridized carbons (Fsp3) is 0.556. The molecular formula is C18H26N2O3. The van der Waals surface area contributed by atoms with E-state index in [4.69, 9.17) is 4.74 Å². The lowest BCUT2D eigenvalue weighted by Crippen LogP contribution is -2.40. The van der Waals surface area contributed by atoms with Crippen LogP contribution in [0.1, 0.15) is 45.1 Å². The number of ether oxygens (including phenoxy) is 1. The first-order valence-corrected chi connectivity index (χ1v) is 8.16. The predicted molar refractivity (Wildman–Crippen MR) is 90.7 cm³/mol. The Morgan fingerprint density at radius 3 is 2.43 bits per heavy atom. The molecule has 2 amide bonds. The maximum absolute atomic E-state index is 12.4. The van der Waals surface area contributed by atoms with Crippen LogP contribution in [0.2, 0.25) is 0 Å². The van der Waals surface area contributed by atoms with Gasteiger partial charge in [-0.2, -0.15) is 0 Å². The second-order valence-electron chi connectivity index (χ2n) is 6.38. The Bertz CT molecular complexity index is 576. The minimum Gasteiger partial charge on any atom is -0.496 e. The molecular weight excluding hydrogens is 292 g/mol. The van der Waals surface area contributed by atoms with Crippen LogP contribution in [0.4, 0.5) is 5.69 Å². The minimum absolute atomic E-state index is 0.0322. The molecule has 0 unspecified atom stereocenters. The van der Waals surface area contributed by atoms with E-state index in [1.54, 1.807) is 18.9 Å². The van der Waals surface area contributed by atoms with Gasteiger partial charge < -0.3 is 15.0 Å². The molecule has 0 bridgehead atoms. The third-order valence-electron chi connectivity index (χ3n) is 4.43. The summed E-state index contributed by atoms with van der Waals surface area (Å²) in [5, 5.41) is 3.00. The average molecular weight is 318 g/mol. The van der Waals surface area contributed by atoms with Crippen LogP contribution in [0.15, 0.2) is 18.2 Å². The van der Waals surface area contributed by atoms with Crippen molar-refractivity contribution in [2.45, 2.75) is 39.5 Å². The molecule has 0 atom stereocenters. The van der Waals surface area contributed by atoms with Gasteiger partial charge in [-0.3, -0.25) is 9.59 Å². The number of hydrogen-bond donors (Lipinski definition) is 1. The smallest absolute Gasteiger partial charge is 0.227 e. The summed E-state index contributed by atoms with van der Waals surface area (Å²) in [4.78, 5) is 25.6. The fourth-order valence-corrected chi connectivity index (χ4v) is 2.96. The summed E-state index contributed by atoms with van der Waals surface area (Å²) in [5.41, 5.74) is 1.88. The Hall–Kier alpha value is -2.04. The highest BCUT2D eigenvalue weighted by Crippen LogP contribution is 2.29. The molecule has 0 radical (unpaired) electrons. The van der Waals surface area contributed by atoms with Crippen molar-refractivity contribution < 1.29 is 14.3 Å². The van der Waals surface area contributed by atoms with E-state index in [1.165, 1.54) is 0 Å². The zero-order valence-corrected chi connectivity index (χ0v) is 14.4. The number of amides is 2. The lowest BCUT2D eigenvalue weighted by Gasteiger charge is -2.30. The molecule has 2 rings (SSSR count). The molecule has 126 valence electrons. The monoisotopic (exact) mass is 318 g/mol. The number of methoxy groups -OCH3 is 1. The molecule has 0 spiro atoms. The molecule has 0 aliphatic carbocycles. The third-order valence-corrected chi connectivity index (χ3v) is 4.43. The van der Waals surface area contributed by atoms with E-state index in [1.807, 2.05) is 18.2 Å². The van der Waals surface area contributed by atoms with Crippen molar-refractivity contribution in [3.63, 3.8) is 0 Å². The molecule has 1 N–H and O–H groups in total. The molecule has 1 aliphatic heterocycles. The van der Waals surface area contributed by atoms with Gasteiger partial charge in [0.2, 0.25) is 11.8 Å². The second-order valence-corrected chi connectivity index (χ2v) is 6.38. The maximum atomic E-state index is 12.4. The maximum Gasteiger partial charge on any atom is 0.227 e. The molecule has 1 aliphatic rings. The summed E-state index contributed by atoms with van der Waals surface area (Å²) in [5.74, 6) is 1.25. The van der Waals surface area contributed by atoms with Crippen LogP contribution < -0.4 is 10.1 Å². The summed E-state index contributed by atoms with van der Waals surface area (Å²) in [6, 6.07) is 5.74. The number of hydrogen-bond acceptors (Lipinski definition) is 3. The molecule has 23 heavy (non-hydrogen) atoms. The summed E-state index contributed by atoms with van der Waals surface area (Å²) < 4.78 is 5.37. The number of rotatable bonds is 4. The quantitative estimate of drug-likeness (QED) is 0.928. The van der Waals surface area contributed by atoms with Crippen LogP contribution in [-0.4, -0.2) is 36.9 Å². The van der Waals surface area contributed by atoms with Crippen molar-refractivity contribution in [3.05, 3.63) is 23.8 Å². The Morgan fingerprint density at radius 2 is 1.91 bits per heavy atom.